The first kappa shape index (κ1) is 16.5. The number of ether oxygens (including phenoxy) is 2. The molecule has 0 saturated heterocycles. The molecule has 0 aromatic heterocycles. The van der Waals surface area contributed by atoms with Gasteiger partial charge in [-0.25, -0.2) is 0 Å². The van der Waals surface area contributed by atoms with Crippen molar-refractivity contribution in [2.45, 2.75) is 26.3 Å². The zero-order chi connectivity index (χ0) is 14.6. The molecule has 1 aromatic rings. The summed E-state index contributed by atoms with van der Waals surface area (Å²) in [5.41, 5.74) is 6.49. The SMILES string of the molecule is CCCCOCCNC(=O)COc1ccccc1CN. The summed E-state index contributed by atoms with van der Waals surface area (Å²) in [4.78, 5) is 11.6. The van der Waals surface area contributed by atoms with Crippen LogP contribution in [0.2, 0.25) is 0 Å². The molecule has 112 valence electrons. The molecule has 5 heteroatoms. The van der Waals surface area contributed by atoms with Gasteiger partial charge in [-0.1, -0.05) is 31.5 Å². The quantitative estimate of drug-likeness (QED) is 0.636. The molecule has 0 atom stereocenters. The number of nitrogens with two attached hydrogens (primary N) is 1. The number of unbranched alkanes of at least 4 members (excludes halogenated alkanes) is 1. The summed E-state index contributed by atoms with van der Waals surface area (Å²) in [7, 11) is 0. The van der Waals surface area contributed by atoms with Crippen LogP contribution in [-0.2, 0) is 16.1 Å². The van der Waals surface area contributed by atoms with Crippen molar-refractivity contribution in [3.63, 3.8) is 0 Å². The first-order valence-electron chi connectivity index (χ1n) is 7.03. The van der Waals surface area contributed by atoms with Crippen LogP contribution < -0.4 is 15.8 Å². The molecule has 0 unspecified atom stereocenters. The topological polar surface area (TPSA) is 73.6 Å². The Morgan fingerprint density at radius 3 is 2.85 bits per heavy atom. The van der Waals surface area contributed by atoms with Crippen LogP contribution in [0.4, 0.5) is 0 Å². The summed E-state index contributed by atoms with van der Waals surface area (Å²) in [6, 6.07) is 7.44. The Morgan fingerprint density at radius 2 is 2.10 bits per heavy atom. The Labute approximate surface area is 120 Å². The van der Waals surface area contributed by atoms with E-state index in [2.05, 4.69) is 12.2 Å². The van der Waals surface area contributed by atoms with Gasteiger partial charge in [-0.15, -0.1) is 0 Å². The number of carbonyl (C=O) groups excluding carboxylic acids is 1. The van der Waals surface area contributed by atoms with E-state index in [-0.39, 0.29) is 12.5 Å². The molecule has 3 N–H and O–H groups in total. The fourth-order valence-electron chi connectivity index (χ4n) is 1.62. The van der Waals surface area contributed by atoms with E-state index in [1.807, 2.05) is 24.3 Å². The van der Waals surface area contributed by atoms with E-state index in [4.69, 9.17) is 15.2 Å². The predicted molar refractivity (Wildman–Crippen MR) is 78.6 cm³/mol. The number of rotatable bonds is 10. The van der Waals surface area contributed by atoms with E-state index >= 15 is 0 Å². The third-order valence-corrected chi connectivity index (χ3v) is 2.76. The molecule has 0 aliphatic heterocycles. The van der Waals surface area contributed by atoms with Gasteiger partial charge in [0.25, 0.3) is 5.91 Å². The van der Waals surface area contributed by atoms with Crippen molar-refractivity contribution in [3.05, 3.63) is 29.8 Å². The van der Waals surface area contributed by atoms with Crippen LogP contribution in [0.25, 0.3) is 0 Å². The molecule has 1 amide bonds. The lowest BCUT2D eigenvalue weighted by molar-refractivity contribution is -0.123. The highest BCUT2D eigenvalue weighted by Crippen LogP contribution is 2.16. The maximum atomic E-state index is 11.6. The van der Waals surface area contributed by atoms with Crippen molar-refractivity contribution in [2.24, 2.45) is 5.73 Å². The molecule has 0 aliphatic rings. The fraction of sp³-hybridized carbons (Fsp3) is 0.533. The van der Waals surface area contributed by atoms with Gasteiger partial charge in [-0.3, -0.25) is 4.79 Å². The van der Waals surface area contributed by atoms with Crippen LogP contribution in [0.5, 0.6) is 5.75 Å². The predicted octanol–water partition coefficient (Wildman–Crippen LogP) is 1.46. The first-order valence-corrected chi connectivity index (χ1v) is 7.03. The number of benzene rings is 1. The maximum Gasteiger partial charge on any atom is 0.258 e. The van der Waals surface area contributed by atoms with E-state index < -0.39 is 0 Å². The van der Waals surface area contributed by atoms with E-state index in [0.717, 1.165) is 25.0 Å². The summed E-state index contributed by atoms with van der Waals surface area (Å²) < 4.78 is 10.8. The lowest BCUT2D eigenvalue weighted by atomic mass is 10.2. The first-order chi connectivity index (χ1) is 9.77. The summed E-state index contributed by atoms with van der Waals surface area (Å²) in [5, 5.41) is 2.75. The molecule has 0 radical (unpaired) electrons. The molecule has 1 aromatic carbocycles. The van der Waals surface area contributed by atoms with Gasteiger partial charge >= 0.3 is 0 Å². The molecular formula is C15H24N2O3. The number of para-hydroxylation sites is 1. The highest BCUT2D eigenvalue weighted by Gasteiger charge is 2.05. The van der Waals surface area contributed by atoms with Crippen molar-refractivity contribution < 1.29 is 14.3 Å². The minimum Gasteiger partial charge on any atom is -0.483 e. The second-order valence-electron chi connectivity index (χ2n) is 4.42. The Kier molecular flexibility index (Phi) is 8.42. The molecule has 0 aliphatic carbocycles. The lowest BCUT2D eigenvalue weighted by Crippen LogP contribution is -2.31. The molecule has 0 saturated carbocycles. The average Bonchev–Trinajstić information content (AvgIpc) is 2.49. The van der Waals surface area contributed by atoms with Crippen LogP contribution in [-0.4, -0.2) is 32.3 Å². The highest BCUT2D eigenvalue weighted by atomic mass is 16.5. The fourth-order valence-corrected chi connectivity index (χ4v) is 1.62. The molecule has 5 nitrogen and oxygen atoms in total. The van der Waals surface area contributed by atoms with Crippen LogP contribution in [0.3, 0.4) is 0 Å². The van der Waals surface area contributed by atoms with Gasteiger partial charge in [-0.2, -0.15) is 0 Å². The van der Waals surface area contributed by atoms with Crippen LogP contribution >= 0.6 is 0 Å². The van der Waals surface area contributed by atoms with Crippen molar-refractivity contribution in [2.75, 3.05) is 26.4 Å². The zero-order valence-corrected chi connectivity index (χ0v) is 12.1. The van der Waals surface area contributed by atoms with Crippen LogP contribution in [0, 0.1) is 0 Å². The maximum absolute atomic E-state index is 11.6. The summed E-state index contributed by atoms with van der Waals surface area (Å²) in [6.07, 6.45) is 2.16. The third kappa shape index (κ3) is 6.54. The second-order valence-corrected chi connectivity index (χ2v) is 4.42. The smallest absolute Gasteiger partial charge is 0.258 e. The normalized spacial score (nSPS) is 10.3. The monoisotopic (exact) mass is 280 g/mol. The van der Waals surface area contributed by atoms with Crippen molar-refractivity contribution in [1.82, 2.24) is 5.32 Å². The lowest BCUT2D eigenvalue weighted by Gasteiger charge is -2.10. The minimum absolute atomic E-state index is 0.00796. The number of carbonyl (C=O) groups is 1. The third-order valence-electron chi connectivity index (χ3n) is 2.76. The number of nitrogens with one attached hydrogen (secondary N) is 1. The average molecular weight is 280 g/mol. The van der Waals surface area contributed by atoms with E-state index in [9.17, 15) is 4.79 Å². The van der Waals surface area contributed by atoms with Gasteiger partial charge in [-0.05, 0) is 12.5 Å². The minimum atomic E-state index is -0.157. The van der Waals surface area contributed by atoms with Gasteiger partial charge in [0.05, 0.1) is 6.61 Å². The summed E-state index contributed by atoms with van der Waals surface area (Å²) >= 11 is 0. The van der Waals surface area contributed by atoms with Gasteiger partial charge < -0.3 is 20.5 Å². The summed E-state index contributed by atoms with van der Waals surface area (Å²) in [6.45, 7) is 4.28. The number of hydrogen-bond donors (Lipinski definition) is 2. The van der Waals surface area contributed by atoms with Gasteiger partial charge in [0.2, 0.25) is 0 Å². The van der Waals surface area contributed by atoms with Crippen LogP contribution in [0.1, 0.15) is 25.3 Å². The van der Waals surface area contributed by atoms with Crippen molar-refractivity contribution in [3.8, 4) is 5.75 Å². The summed E-state index contributed by atoms with van der Waals surface area (Å²) in [5.74, 6) is 0.500. The second kappa shape index (κ2) is 10.2. The van der Waals surface area contributed by atoms with E-state index in [1.165, 1.54) is 0 Å². The molecular weight excluding hydrogens is 256 g/mol. The van der Waals surface area contributed by atoms with Gasteiger partial charge in [0.1, 0.15) is 5.75 Å². The Morgan fingerprint density at radius 1 is 1.30 bits per heavy atom. The number of hydrogen-bond acceptors (Lipinski definition) is 4. The van der Waals surface area contributed by atoms with Crippen molar-refractivity contribution >= 4 is 5.91 Å². The Hall–Kier alpha value is -1.59. The molecule has 0 fully saturated rings. The van der Waals surface area contributed by atoms with Crippen LogP contribution in [0.15, 0.2) is 24.3 Å². The molecule has 0 spiro atoms. The molecule has 0 bridgehead atoms. The molecule has 20 heavy (non-hydrogen) atoms. The van der Waals surface area contributed by atoms with Crippen molar-refractivity contribution in [1.29, 1.82) is 0 Å². The Balaban J connectivity index is 2.16. The number of amides is 1. The molecule has 0 heterocycles. The largest absolute Gasteiger partial charge is 0.483 e. The van der Waals surface area contributed by atoms with Gasteiger partial charge in [0.15, 0.2) is 6.61 Å². The standard InChI is InChI=1S/C15H24N2O3/c1-2-3-9-19-10-8-17-15(18)12-20-14-7-5-4-6-13(14)11-16/h4-7H,2-3,8-12,16H2,1H3,(H,17,18). The van der Waals surface area contributed by atoms with E-state index in [0.29, 0.717) is 25.4 Å². The Bertz CT molecular complexity index is 396. The van der Waals surface area contributed by atoms with E-state index in [1.54, 1.807) is 0 Å². The van der Waals surface area contributed by atoms with Gasteiger partial charge in [0, 0.05) is 25.3 Å². The molecule has 1 rings (SSSR count). The highest BCUT2D eigenvalue weighted by molar-refractivity contribution is 5.77. The zero-order valence-electron chi connectivity index (χ0n) is 12.1.